The van der Waals surface area contributed by atoms with E-state index in [-0.39, 0.29) is 6.04 Å². The summed E-state index contributed by atoms with van der Waals surface area (Å²) in [5, 5.41) is 0.682. The fourth-order valence-corrected chi connectivity index (χ4v) is 2.78. The molecule has 1 aliphatic heterocycles. The molecule has 2 heterocycles. The van der Waals surface area contributed by atoms with E-state index in [2.05, 4.69) is 16.8 Å². The average Bonchev–Trinajstić information content (AvgIpc) is 2.98. The predicted molar refractivity (Wildman–Crippen MR) is 79.4 cm³/mol. The minimum Gasteiger partial charge on any atom is -0.444 e. The van der Waals surface area contributed by atoms with Crippen molar-refractivity contribution in [2.45, 2.75) is 19.5 Å². The third-order valence-corrected chi connectivity index (χ3v) is 3.99. The van der Waals surface area contributed by atoms with Gasteiger partial charge in [-0.25, -0.2) is 4.98 Å². The lowest BCUT2D eigenvalue weighted by molar-refractivity contribution is 0.314. The normalized spacial score (nSPS) is 23.4. The van der Waals surface area contributed by atoms with Crippen LogP contribution in [0.4, 0.5) is 0 Å². The van der Waals surface area contributed by atoms with Crippen molar-refractivity contribution in [1.29, 1.82) is 0 Å². The second kappa shape index (κ2) is 5.56. The van der Waals surface area contributed by atoms with E-state index >= 15 is 0 Å². The summed E-state index contributed by atoms with van der Waals surface area (Å²) < 4.78 is 5.54. The quantitative estimate of drug-likeness (QED) is 0.945. The molecule has 3 rings (SSSR count). The topological polar surface area (TPSA) is 55.3 Å². The van der Waals surface area contributed by atoms with Crippen molar-refractivity contribution >= 4 is 11.6 Å². The van der Waals surface area contributed by atoms with Crippen LogP contribution in [0.5, 0.6) is 0 Å². The third-order valence-electron chi connectivity index (χ3n) is 3.76. The summed E-state index contributed by atoms with van der Waals surface area (Å²) in [6.45, 7) is 4.90. The van der Waals surface area contributed by atoms with Gasteiger partial charge in [-0.1, -0.05) is 24.6 Å². The van der Waals surface area contributed by atoms with Crippen LogP contribution >= 0.6 is 11.6 Å². The van der Waals surface area contributed by atoms with Gasteiger partial charge in [-0.2, -0.15) is 0 Å². The molecular weight excluding hydrogens is 274 g/mol. The molecular formula is C15H18ClN3O. The Morgan fingerprint density at radius 1 is 1.45 bits per heavy atom. The van der Waals surface area contributed by atoms with E-state index in [1.54, 1.807) is 6.26 Å². The second-order valence-electron chi connectivity index (χ2n) is 5.49. The third kappa shape index (κ3) is 2.87. The first-order valence-electron chi connectivity index (χ1n) is 6.80. The molecule has 5 heteroatoms. The van der Waals surface area contributed by atoms with Gasteiger partial charge in [-0.05, 0) is 24.1 Å². The summed E-state index contributed by atoms with van der Waals surface area (Å²) in [5.74, 6) is 1.15. The molecule has 0 saturated carbocycles. The number of hydrogen-bond acceptors (Lipinski definition) is 4. The summed E-state index contributed by atoms with van der Waals surface area (Å²) in [6.07, 6.45) is 1.71. The Morgan fingerprint density at radius 2 is 2.30 bits per heavy atom. The first-order chi connectivity index (χ1) is 9.61. The van der Waals surface area contributed by atoms with Crippen LogP contribution in [0.15, 0.2) is 34.9 Å². The Hall–Kier alpha value is -1.36. The average molecular weight is 292 g/mol. The molecule has 106 valence electrons. The number of hydrogen-bond donors (Lipinski definition) is 1. The van der Waals surface area contributed by atoms with E-state index in [9.17, 15) is 0 Å². The largest absolute Gasteiger partial charge is 0.444 e. The summed E-state index contributed by atoms with van der Waals surface area (Å²) in [6, 6.07) is 7.78. The van der Waals surface area contributed by atoms with Crippen LogP contribution < -0.4 is 5.73 Å². The highest BCUT2D eigenvalue weighted by molar-refractivity contribution is 6.30. The lowest BCUT2D eigenvalue weighted by atomic mass is 10.1. The van der Waals surface area contributed by atoms with E-state index < -0.39 is 0 Å². The molecule has 1 fully saturated rings. The van der Waals surface area contributed by atoms with E-state index in [4.69, 9.17) is 21.8 Å². The van der Waals surface area contributed by atoms with Gasteiger partial charge in [-0.15, -0.1) is 0 Å². The molecule has 0 radical (unpaired) electrons. The minimum absolute atomic E-state index is 0.259. The Morgan fingerprint density at radius 3 is 3.00 bits per heavy atom. The van der Waals surface area contributed by atoms with Crippen LogP contribution in [-0.2, 0) is 6.54 Å². The maximum atomic E-state index is 6.04. The second-order valence-corrected chi connectivity index (χ2v) is 5.93. The van der Waals surface area contributed by atoms with Crippen LogP contribution in [-0.4, -0.2) is 29.0 Å². The Kier molecular flexibility index (Phi) is 3.78. The molecule has 0 bridgehead atoms. The van der Waals surface area contributed by atoms with Crippen LogP contribution in [0.2, 0.25) is 5.02 Å². The monoisotopic (exact) mass is 291 g/mol. The highest BCUT2D eigenvalue weighted by atomic mass is 35.5. The van der Waals surface area contributed by atoms with Crippen molar-refractivity contribution in [1.82, 2.24) is 9.88 Å². The molecule has 2 unspecified atom stereocenters. The van der Waals surface area contributed by atoms with Gasteiger partial charge in [0.05, 0.1) is 5.69 Å². The maximum Gasteiger partial charge on any atom is 0.226 e. The maximum absolute atomic E-state index is 6.04. The first-order valence-corrected chi connectivity index (χ1v) is 7.18. The summed E-state index contributed by atoms with van der Waals surface area (Å²) >= 11 is 5.98. The van der Waals surface area contributed by atoms with E-state index in [1.165, 1.54) is 0 Å². The zero-order valence-electron chi connectivity index (χ0n) is 11.4. The summed E-state index contributed by atoms with van der Waals surface area (Å²) in [7, 11) is 0. The highest BCUT2D eigenvalue weighted by Crippen LogP contribution is 2.23. The fourth-order valence-electron chi connectivity index (χ4n) is 2.59. The predicted octanol–water partition coefficient (Wildman–Crippen LogP) is 2.77. The lowest BCUT2D eigenvalue weighted by Gasteiger charge is -2.12. The van der Waals surface area contributed by atoms with Crippen molar-refractivity contribution in [2.24, 2.45) is 11.7 Å². The zero-order valence-corrected chi connectivity index (χ0v) is 12.2. The molecule has 1 aliphatic rings. The fraction of sp³-hybridized carbons (Fsp3) is 0.400. The van der Waals surface area contributed by atoms with Crippen LogP contribution in [0.25, 0.3) is 11.5 Å². The van der Waals surface area contributed by atoms with Gasteiger partial charge in [0.25, 0.3) is 0 Å². The van der Waals surface area contributed by atoms with Crippen molar-refractivity contribution in [3.05, 3.63) is 41.2 Å². The van der Waals surface area contributed by atoms with Crippen molar-refractivity contribution < 1.29 is 4.42 Å². The number of benzene rings is 1. The van der Waals surface area contributed by atoms with Gasteiger partial charge in [-0.3, -0.25) is 4.90 Å². The van der Waals surface area contributed by atoms with Gasteiger partial charge in [0, 0.05) is 36.3 Å². The Bertz CT molecular complexity index is 588. The SMILES string of the molecule is CC1CN(Cc2coc(-c3cccc(Cl)c3)n2)CC1N. The van der Waals surface area contributed by atoms with Crippen molar-refractivity contribution in [3.63, 3.8) is 0 Å². The smallest absolute Gasteiger partial charge is 0.226 e. The Balaban J connectivity index is 1.71. The van der Waals surface area contributed by atoms with Crippen LogP contribution in [0.3, 0.4) is 0 Å². The van der Waals surface area contributed by atoms with Crippen LogP contribution in [0, 0.1) is 5.92 Å². The van der Waals surface area contributed by atoms with Gasteiger partial charge in [0.1, 0.15) is 6.26 Å². The van der Waals surface area contributed by atoms with E-state index in [1.807, 2.05) is 24.3 Å². The first kappa shape index (κ1) is 13.6. The minimum atomic E-state index is 0.259. The van der Waals surface area contributed by atoms with Gasteiger partial charge < -0.3 is 10.2 Å². The lowest BCUT2D eigenvalue weighted by Crippen LogP contribution is -2.28. The number of aromatic nitrogens is 1. The van der Waals surface area contributed by atoms with Crippen molar-refractivity contribution in [2.75, 3.05) is 13.1 Å². The molecule has 2 N–H and O–H groups in total. The van der Waals surface area contributed by atoms with Gasteiger partial charge >= 0.3 is 0 Å². The van der Waals surface area contributed by atoms with E-state index in [0.29, 0.717) is 16.8 Å². The highest BCUT2D eigenvalue weighted by Gasteiger charge is 2.26. The number of nitrogens with zero attached hydrogens (tertiary/aromatic N) is 2. The standard InChI is InChI=1S/C15H18ClN3O/c1-10-6-19(8-14(10)17)7-13-9-20-15(18-13)11-3-2-4-12(16)5-11/h2-5,9-10,14H,6-8,17H2,1H3. The van der Waals surface area contributed by atoms with Gasteiger partial charge in [0.15, 0.2) is 0 Å². The zero-order chi connectivity index (χ0) is 14.1. The molecule has 1 saturated heterocycles. The van der Waals surface area contributed by atoms with E-state index in [0.717, 1.165) is 30.9 Å². The van der Waals surface area contributed by atoms with Crippen molar-refractivity contribution in [3.8, 4) is 11.5 Å². The number of halogens is 1. The molecule has 2 atom stereocenters. The molecule has 20 heavy (non-hydrogen) atoms. The Labute approximate surface area is 123 Å². The molecule has 0 amide bonds. The molecule has 1 aromatic heterocycles. The number of likely N-dealkylation sites (tertiary alicyclic amines) is 1. The molecule has 0 aliphatic carbocycles. The van der Waals surface area contributed by atoms with Gasteiger partial charge in [0.2, 0.25) is 5.89 Å². The summed E-state index contributed by atoms with van der Waals surface area (Å²) in [4.78, 5) is 6.84. The number of oxazole rings is 1. The molecule has 1 aromatic carbocycles. The molecule has 0 spiro atoms. The number of rotatable bonds is 3. The molecule has 2 aromatic rings. The summed E-state index contributed by atoms with van der Waals surface area (Å²) in [5.41, 5.74) is 7.87. The van der Waals surface area contributed by atoms with Crippen LogP contribution in [0.1, 0.15) is 12.6 Å². The number of nitrogens with two attached hydrogens (primary N) is 1. The molecule has 4 nitrogen and oxygen atoms in total.